The van der Waals surface area contributed by atoms with E-state index in [4.69, 9.17) is 0 Å². The maximum absolute atomic E-state index is 10.8. The molecule has 0 aliphatic carbocycles. The number of hydrogen-bond donors (Lipinski definition) is 2. The Kier molecular flexibility index (Phi) is 5.76. The van der Waals surface area contributed by atoms with Crippen LogP contribution in [0.5, 0.6) is 0 Å². The summed E-state index contributed by atoms with van der Waals surface area (Å²) >= 11 is 0. The van der Waals surface area contributed by atoms with Gasteiger partial charge in [0.05, 0.1) is 5.60 Å². The van der Waals surface area contributed by atoms with Gasteiger partial charge in [0.25, 0.3) is 0 Å². The summed E-state index contributed by atoms with van der Waals surface area (Å²) in [7, 11) is -0.745. The van der Waals surface area contributed by atoms with Gasteiger partial charge in [-0.15, -0.1) is 0 Å². The smallest absolute Gasteiger partial charge is 0.0603 e. The van der Waals surface area contributed by atoms with Gasteiger partial charge in [0.15, 0.2) is 0 Å². The van der Waals surface area contributed by atoms with E-state index in [2.05, 4.69) is 5.32 Å². The zero-order chi connectivity index (χ0) is 10.5. The van der Waals surface area contributed by atoms with E-state index < -0.39 is 16.4 Å². The Bertz CT molecular complexity index is 165. The van der Waals surface area contributed by atoms with Crippen LogP contribution in [0.15, 0.2) is 0 Å². The summed E-state index contributed by atoms with van der Waals surface area (Å²) in [6.45, 7) is 6.35. The molecule has 4 heteroatoms. The predicted octanol–water partition coefficient (Wildman–Crippen LogP) is 0.504. The van der Waals surface area contributed by atoms with Crippen molar-refractivity contribution in [2.75, 3.05) is 18.6 Å². The molecule has 0 aromatic carbocycles. The summed E-state index contributed by atoms with van der Waals surface area (Å²) < 4.78 is 10.8. The third kappa shape index (κ3) is 9.99. The van der Waals surface area contributed by atoms with Crippen molar-refractivity contribution in [2.24, 2.45) is 0 Å². The third-order valence-electron chi connectivity index (χ3n) is 1.71. The Balaban J connectivity index is 3.48. The molecule has 0 amide bonds. The summed E-state index contributed by atoms with van der Waals surface area (Å²) in [6.07, 6.45) is 2.42. The van der Waals surface area contributed by atoms with Gasteiger partial charge in [-0.25, -0.2) is 0 Å². The van der Waals surface area contributed by atoms with Gasteiger partial charge in [-0.2, -0.15) is 0 Å². The lowest BCUT2D eigenvalue weighted by Crippen LogP contribution is -2.35. The normalized spacial score (nSPS) is 17.0. The van der Waals surface area contributed by atoms with E-state index in [-0.39, 0.29) is 6.04 Å². The van der Waals surface area contributed by atoms with E-state index >= 15 is 0 Å². The van der Waals surface area contributed by atoms with Gasteiger partial charge in [-0.3, -0.25) is 4.21 Å². The van der Waals surface area contributed by atoms with Gasteiger partial charge >= 0.3 is 0 Å². The Labute approximate surface area is 83.4 Å². The molecule has 0 aliphatic rings. The number of hydrogen-bond acceptors (Lipinski definition) is 3. The Morgan fingerprint density at radius 2 is 2.08 bits per heavy atom. The molecule has 0 radical (unpaired) electrons. The van der Waals surface area contributed by atoms with E-state index in [1.165, 1.54) is 0 Å². The number of nitrogens with one attached hydrogen (secondary N) is 1. The van der Waals surface area contributed by atoms with Crippen molar-refractivity contribution in [3.8, 4) is 0 Å². The van der Waals surface area contributed by atoms with Crippen LogP contribution in [0.25, 0.3) is 0 Å². The second kappa shape index (κ2) is 5.73. The largest absolute Gasteiger partial charge is 0.390 e. The molecule has 80 valence electrons. The highest BCUT2D eigenvalue weighted by Gasteiger charge is 2.12. The van der Waals surface area contributed by atoms with Crippen LogP contribution in [0.2, 0.25) is 0 Å². The fourth-order valence-electron chi connectivity index (χ4n) is 1.04. The summed E-state index contributed by atoms with van der Waals surface area (Å²) in [6, 6.07) is 0.258. The van der Waals surface area contributed by atoms with Crippen LogP contribution >= 0.6 is 0 Å². The van der Waals surface area contributed by atoms with Gasteiger partial charge in [0.1, 0.15) is 0 Å². The van der Waals surface area contributed by atoms with Crippen molar-refractivity contribution >= 4 is 10.8 Å². The second-order valence-corrected chi connectivity index (χ2v) is 5.64. The third-order valence-corrected chi connectivity index (χ3v) is 2.68. The molecule has 0 heterocycles. The first-order valence-corrected chi connectivity index (χ1v) is 6.30. The molecule has 0 aliphatic heterocycles. The van der Waals surface area contributed by atoms with E-state index in [1.807, 2.05) is 6.92 Å². The molecule has 2 N–H and O–H groups in total. The van der Waals surface area contributed by atoms with E-state index in [0.717, 1.165) is 6.54 Å². The quantitative estimate of drug-likeness (QED) is 0.667. The van der Waals surface area contributed by atoms with Crippen LogP contribution in [0.4, 0.5) is 0 Å². The van der Waals surface area contributed by atoms with Gasteiger partial charge in [-0.05, 0) is 33.7 Å². The van der Waals surface area contributed by atoms with Crippen LogP contribution < -0.4 is 5.32 Å². The monoisotopic (exact) mass is 207 g/mol. The van der Waals surface area contributed by atoms with Gasteiger partial charge in [0, 0.05) is 28.9 Å². The molecular weight excluding hydrogens is 186 g/mol. The van der Waals surface area contributed by atoms with Crippen LogP contribution in [0, 0.1) is 0 Å². The van der Waals surface area contributed by atoms with Gasteiger partial charge < -0.3 is 10.4 Å². The molecule has 0 bridgehead atoms. The van der Waals surface area contributed by atoms with Crippen LogP contribution in [-0.4, -0.2) is 39.5 Å². The first-order chi connectivity index (χ1) is 5.81. The van der Waals surface area contributed by atoms with Gasteiger partial charge in [0.2, 0.25) is 0 Å². The SMILES string of the molecule is CC(CS(C)=O)NCCC(C)(C)O. The zero-order valence-electron chi connectivity index (χ0n) is 8.96. The minimum atomic E-state index is -0.745. The van der Waals surface area contributed by atoms with Crippen molar-refractivity contribution < 1.29 is 9.32 Å². The maximum atomic E-state index is 10.8. The highest BCUT2D eigenvalue weighted by Crippen LogP contribution is 2.05. The van der Waals surface area contributed by atoms with Crippen molar-refractivity contribution in [3.05, 3.63) is 0 Å². The van der Waals surface area contributed by atoms with Crippen LogP contribution in [0.3, 0.4) is 0 Å². The zero-order valence-corrected chi connectivity index (χ0v) is 9.78. The molecule has 2 unspecified atom stereocenters. The predicted molar refractivity (Wildman–Crippen MR) is 57.3 cm³/mol. The van der Waals surface area contributed by atoms with Gasteiger partial charge in [-0.1, -0.05) is 0 Å². The molecule has 3 nitrogen and oxygen atoms in total. The molecule has 0 aromatic heterocycles. The van der Waals surface area contributed by atoms with Crippen molar-refractivity contribution in [3.63, 3.8) is 0 Å². The highest BCUT2D eigenvalue weighted by molar-refractivity contribution is 7.84. The highest BCUT2D eigenvalue weighted by atomic mass is 32.2. The molecule has 0 spiro atoms. The molecule has 0 rings (SSSR count). The van der Waals surface area contributed by atoms with Crippen molar-refractivity contribution in [2.45, 2.75) is 38.8 Å². The number of rotatable bonds is 6. The first-order valence-electron chi connectivity index (χ1n) is 4.57. The summed E-state index contributed by atoms with van der Waals surface area (Å²) in [5.74, 6) is 0.672. The topological polar surface area (TPSA) is 49.3 Å². The second-order valence-electron chi connectivity index (χ2n) is 4.16. The Hall–Kier alpha value is 0.0700. The molecule has 0 saturated carbocycles. The average molecular weight is 207 g/mol. The molecule has 13 heavy (non-hydrogen) atoms. The summed E-state index contributed by atoms with van der Waals surface area (Å²) in [5.41, 5.74) is -0.613. The summed E-state index contributed by atoms with van der Waals surface area (Å²) in [5, 5.41) is 12.6. The Morgan fingerprint density at radius 3 is 2.46 bits per heavy atom. The fourth-order valence-corrected chi connectivity index (χ4v) is 1.86. The molecule has 0 fully saturated rings. The van der Waals surface area contributed by atoms with E-state index in [0.29, 0.717) is 12.2 Å². The van der Waals surface area contributed by atoms with Crippen LogP contribution in [0.1, 0.15) is 27.2 Å². The fraction of sp³-hybridized carbons (Fsp3) is 1.00. The first kappa shape index (κ1) is 13.1. The number of aliphatic hydroxyl groups is 1. The molecule has 2 atom stereocenters. The lowest BCUT2D eigenvalue weighted by molar-refractivity contribution is 0.0707. The minimum Gasteiger partial charge on any atom is -0.390 e. The average Bonchev–Trinajstić information content (AvgIpc) is 1.81. The lowest BCUT2D eigenvalue weighted by Gasteiger charge is -2.19. The molecule has 0 aromatic rings. The molecule has 0 saturated heterocycles. The molecular formula is C9H21NO2S. The minimum absolute atomic E-state index is 0.258. The summed E-state index contributed by atoms with van der Waals surface area (Å²) in [4.78, 5) is 0. The standard InChI is InChI=1S/C9H21NO2S/c1-8(7-13(4)12)10-6-5-9(2,3)11/h8,10-11H,5-7H2,1-4H3. The lowest BCUT2D eigenvalue weighted by atomic mass is 10.1. The van der Waals surface area contributed by atoms with Crippen molar-refractivity contribution in [1.29, 1.82) is 0 Å². The van der Waals surface area contributed by atoms with Crippen LogP contribution in [-0.2, 0) is 10.8 Å². The Morgan fingerprint density at radius 1 is 1.54 bits per heavy atom. The maximum Gasteiger partial charge on any atom is 0.0603 e. The van der Waals surface area contributed by atoms with E-state index in [9.17, 15) is 9.32 Å². The van der Waals surface area contributed by atoms with E-state index in [1.54, 1.807) is 20.1 Å². The van der Waals surface area contributed by atoms with Crippen molar-refractivity contribution in [1.82, 2.24) is 5.32 Å².